The molecule has 5 nitrogen and oxygen atoms in total. The summed E-state index contributed by atoms with van der Waals surface area (Å²) in [6.45, 7) is 4.19. The number of halogens is 1. The smallest absolute Gasteiger partial charge is 0.335 e. The second-order valence-electron chi connectivity index (χ2n) is 3.43. The first-order chi connectivity index (χ1) is 8.11. The fourth-order valence-electron chi connectivity index (χ4n) is 1.21. The Morgan fingerprint density at radius 3 is 2.41 bits per heavy atom. The van der Waals surface area contributed by atoms with Gasteiger partial charge in [0.25, 0.3) is 0 Å². The minimum absolute atomic E-state index is 0.220. The van der Waals surface area contributed by atoms with Crippen molar-refractivity contribution in [2.45, 2.75) is 0 Å². The zero-order valence-electron chi connectivity index (χ0n) is 9.19. The minimum Gasteiger partial charge on any atom is -0.870 e. The zero-order valence-corrected chi connectivity index (χ0v) is 9.19. The highest BCUT2D eigenvalue weighted by Crippen LogP contribution is 2.12. The Morgan fingerprint density at radius 2 is 2.06 bits per heavy atom. The quantitative estimate of drug-likeness (QED) is 0.674. The third kappa shape index (κ3) is 4.80. The lowest BCUT2D eigenvalue weighted by atomic mass is 10.2. The molecule has 0 aromatic heterocycles. The monoisotopic (exact) mass is 243 g/mol. The summed E-state index contributed by atoms with van der Waals surface area (Å²) >= 11 is 0. The molecule has 6 heteroatoms. The highest BCUT2D eigenvalue weighted by atomic mass is 19.1. The van der Waals surface area contributed by atoms with Gasteiger partial charge in [0.2, 0.25) is 0 Å². The topological polar surface area (TPSA) is 86.2 Å². The van der Waals surface area contributed by atoms with Crippen molar-refractivity contribution >= 4 is 5.97 Å². The number of hydrogen-bond donors (Lipinski definition) is 2. The van der Waals surface area contributed by atoms with E-state index in [1.54, 1.807) is 0 Å². The molecule has 3 N–H and O–H groups in total. The number of quaternary nitrogens is 1. The van der Waals surface area contributed by atoms with Crippen LogP contribution in [-0.2, 0) is 4.74 Å². The predicted molar refractivity (Wildman–Crippen MR) is 55.3 cm³/mol. The average Bonchev–Trinajstić information content (AvgIpc) is 2.35. The van der Waals surface area contributed by atoms with Gasteiger partial charge in [0.05, 0.1) is 31.9 Å². The maximum atomic E-state index is 12.4. The van der Waals surface area contributed by atoms with Crippen LogP contribution >= 0.6 is 0 Å². The molecule has 94 valence electrons. The third-order valence-corrected chi connectivity index (χ3v) is 2.11. The number of morpholine rings is 1. The van der Waals surface area contributed by atoms with E-state index in [4.69, 9.17) is 9.84 Å². The molecule has 1 heterocycles. The second kappa shape index (κ2) is 6.82. The maximum absolute atomic E-state index is 12.4. The van der Waals surface area contributed by atoms with Crippen LogP contribution in [0.5, 0.6) is 5.75 Å². The number of ether oxygens (including phenoxy) is 1. The Morgan fingerprint density at radius 1 is 1.41 bits per heavy atom. The fourth-order valence-corrected chi connectivity index (χ4v) is 1.21. The third-order valence-electron chi connectivity index (χ3n) is 2.11. The number of carboxylic acids is 1. The largest absolute Gasteiger partial charge is 0.870 e. The van der Waals surface area contributed by atoms with Gasteiger partial charge in [-0.05, 0) is 12.1 Å². The van der Waals surface area contributed by atoms with Crippen LogP contribution in [0.1, 0.15) is 10.4 Å². The van der Waals surface area contributed by atoms with E-state index in [2.05, 4.69) is 5.32 Å². The van der Waals surface area contributed by atoms with E-state index in [0.717, 1.165) is 38.4 Å². The summed E-state index contributed by atoms with van der Waals surface area (Å²) in [4.78, 5) is 10.2. The number of benzene rings is 1. The Bertz CT molecular complexity index is 368. The van der Waals surface area contributed by atoms with E-state index in [0.29, 0.717) is 6.07 Å². The first-order valence-electron chi connectivity index (χ1n) is 5.20. The molecular weight excluding hydrogens is 229 g/mol. The number of hydrogen-bond acceptors (Lipinski definition) is 3. The number of carbonyl (C=O) groups is 1. The van der Waals surface area contributed by atoms with E-state index >= 15 is 0 Å². The van der Waals surface area contributed by atoms with Gasteiger partial charge in [-0.2, -0.15) is 0 Å². The van der Waals surface area contributed by atoms with Crippen LogP contribution in [-0.4, -0.2) is 37.4 Å². The van der Waals surface area contributed by atoms with Crippen LogP contribution in [0, 0.1) is 5.82 Å². The summed E-state index contributed by atoms with van der Waals surface area (Å²) in [5.41, 5.74) is -0.220. The second-order valence-corrected chi connectivity index (χ2v) is 3.43. The first kappa shape index (κ1) is 13.4. The lowest BCUT2D eigenvalue weighted by Crippen LogP contribution is -2.87. The van der Waals surface area contributed by atoms with Crippen LogP contribution in [0.3, 0.4) is 0 Å². The zero-order chi connectivity index (χ0) is 12.7. The van der Waals surface area contributed by atoms with Gasteiger partial charge in [0.1, 0.15) is 5.82 Å². The highest BCUT2D eigenvalue weighted by Gasteiger charge is 2.02. The van der Waals surface area contributed by atoms with Gasteiger partial charge in [-0.3, -0.25) is 0 Å². The summed E-state index contributed by atoms with van der Waals surface area (Å²) in [5.74, 6) is -3.08. The predicted octanol–water partition coefficient (Wildman–Crippen LogP) is -0.822. The Kier molecular flexibility index (Phi) is 5.38. The summed E-state index contributed by atoms with van der Waals surface area (Å²) in [7, 11) is 0. The Balaban J connectivity index is 0.000000202. The SMILES string of the molecule is C1COCC[NH2+]1.O=C(O)c1ccc([O-])c(F)c1. The minimum atomic E-state index is -1.25. The number of rotatable bonds is 1. The van der Waals surface area contributed by atoms with Gasteiger partial charge in [-0.25, -0.2) is 9.18 Å². The van der Waals surface area contributed by atoms with Crippen LogP contribution in [0.2, 0.25) is 0 Å². The molecule has 0 atom stereocenters. The summed E-state index contributed by atoms with van der Waals surface area (Å²) in [6.07, 6.45) is 0. The molecule has 0 bridgehead atoms. The Labute approximate surface area is 97.8 Å². The molecular formula is C11H14FNO4. The Hall–Kier alpha value is -1.66. The molecule has 2 rings (SSSR count). The summed E-state index contributed by atoms with van der Waals surface area (Å²) < 4.78 is 17.4. The highest BCUT2D eigenvalue weighted by molar-refractivity contribution is 5.87. The fraction of sp³-hybridized carbons (Fsp3) is 0.364. The molecule has 1 saturated heterocycles. The van der Waals surface area contributed by atoms with Crippen molar-refractivity contribution in [3.8, 4) is 5.75 Å². The number of carboxylic acid groups (broad SMARTS) is 1. The van der Waals surface area contributed by atoms with E-state index in [9.17, 15) is 14.3 Å². The maximum Gasteiger partial charge on any atom is 0.335 e. The van der Waals surface area contributed by atoms with Crippen LogP contribution in [0.4, 0.5) is 4.39 Å². The van der Waals surface area contributed by atoms with Crippen molar-refractivity contribution in [2.75, 3.05) is 26.3 Å². The van der Waals surface area contributed by atoms with Gasteiger partial charge in [0, 0.05) is 0 Å². The van der Waals surface area contributed by atoms with Crippen molar-refractivity contribution in [1.29, 1.82) is 0 Å². The van der Waals surface area contributed by atoms with Gasteiger partial charge >= 0.3 is 5.97 Å². The lowest BCUT2D eigenvalue weighted by molar-refractivity contribution is -0.670. The molecule has 1 aliphatic heterocycles. The van der Waals surface area contributed by atoms with Crippen molar-refractivity contribution < 1.29 is 29.5 Å². The van der Waals surface area contributed by atoms with Crippen LogP contribution in [0.15, 0.2) is 18.2 Å². The van der Waals surface area contributed by atoms with Crippen molar-refractivity contribution in [3.63, 3.8) is 0 Å². The van der Waals surface area contributed by atoms with E-state index in [-0.39, 0.29) is 5.56 Å². The van der Waals surface area contributed by atoms with E-state index < -0.39 is 17.5 Å². The molecule has 0 unspecified atom stereocenters. The van der Waals surface area contributed by atoms with Gasteiger partial charge in [0.15, 0.2) is 0 Å². The molecule has 0 radical (unpaired) electrons. The standard InChI is InChI=1S/C7H5FO3.C4H9NO/c8-5-3-4(7(10)11)1-2-6(5)9;1-3-6-4-2-5-1/h1-3,9H,(H,10,11);5H,1-4H2. The van der Waals surface area contributed by atoms with Crippen molar-refractivity contribution in [3.05, 3.63) is 29.6 Å². The van der Waals surface area contributed by atoms with Crippen molar-refractivity contribution in [1.82, 2.24) is 0 Å². The molecule has 0 amide bonds. The van der Waals surface area contributed by atoms with Crippen LogP contribution in [0.25, 0.3) is 0 Å². The molecule has 0 aliphatic carbocycles. The molecule has 1 aromatic carbocycles. The summed E-state index contributed by atoms with van der Waals surface area (Å²) in [5, 5.41) is 21.0. The van der Waals surface area contributed by atoms with Crippen molar-refractivity contribution in [2.24, 2.45) is 0 Å². The lowest BCUT2D eigenvalue weighted by Gasteiger charge is -2.07. The first-order valence-corrected chi connectivity index (χ1v) is 5.20. The number of aromatic carboxylic acids is 1. The normalized spacial score (nSPS) is 14.6. The average molecular weight is 243 g/mol. The van der Waals surface area contributed by atoms with Gasteiger partial charge in [-0.15, -0.1) is 0 Å². The van der Waals surface area contributed by atoms with E-state index in [1.165, 1.54) is 0 Å². The molecule has 1 fully saturated rings. The number of nitrogens with two attached hydrogens (primary N) is 1. The van der Waals surface area contributed by atoms with Gasteiger partial charge < -0.3 is 20.3 Å². The van der Waals surface area contributed by atoms with Crippen LogP contribution < -0.4 is 10.4 Å². The molecule has 1 aromatic rings. The molecule has 0 saturated carbocycles. The molecule has 17 heavy (non-hydrogen) atoms. The van der Waals surface area contributed by atoms with E-state index in [1.807, 2.05) is 0 Å². The summed E-state index contributed by atoms with van der Waals surface area (Å²) in [6, 6.07) is 2.65. The molecule has 1 aliphatic rings. The molecule has 0 spiro atoms. The van der Waals surface area contributed by atoms with Gasteiger partial charge in [-0.1, -0.05) is 11.8 Å².